The predicted octanol–water partition coefficient (Wildman–Crippen LogP) is 3.51. The fourth-order valence-electron chi connectivity index (χ4n) is 2.74. The average molecular weight is 276 g/mol. The molecular formula is C15H20N2OS. The van der Waals surface area contributed by atoms with Crippen molar-refractivity contribution in [1.82, 2.24) is 5.32 Å². The van der Waals surface area contributed by atoms with Crippen molar-refractivity contribution in [2.24, 2.45) is 5.92 Å². The Kier molecular flexibility index (Phi) is 4.98. The number of carbonyl (C=O) groups excluding carboxylic acids is 1. The van der Waals surface area contributed by atoms with Gasteiger partial charge in [0.05, 0.1) is 10.9 Å². The van der Waals surface area contributed by atoms with Crippen molar-refractivity contribution in [2.75, 3.05) is 0 Å². The van der Waals surface area contributed by atoms with E-state index < -0.39 is 0 Å². The molecule has 1 aliphatic rings. The van der Waals surface area contributed by atoms with Crippen LogP contribution in [0.4, 0.5) is 0 Å². The van der Waals surface area contributed by atoms with Gasteiger partial charge < -0.3 is 5.32 Å². The van der Waals surface area contributed by atoms with Gasteiger partial charge in [0.25, 0.3) is 5.91 Å². The van der Waals surface area contributed by atoms with E-state index in [4.69, 9.17) is 0 Å². The molecular weight excluding hydrogens is 256 g/mol. The van der Waals surface area contributed by atoms with Gasteiger partial charge in [0.2, 0.25) is 0 Å². The topological polar surface area (TPSA) is 52.9 Å². The summed E-state index contributed by atoms with van der Waals surface area (Å²) >= 11 is 1.46. The maximum atomic E-state index is 12.2. The molecule has 1 atom stereocenters. The third-order valence-electron chi connectivity index (χ3n) is 3.88. The molecule has 1 unspecified atom stereocenters. The number of hydrogen-bond donors (Lipinski definition) is 1. The molecule has 3 nitrogen and oxygen atoms in total. The molecule has 1 aromatic rings. The first kappa shape index (κ1) is 14.1. The summed E-state index contributed by atoms with van der Waals surface area (Å²) in [6.07, 6.45) is 6.59. The van der Waals surface area contributed by atoms with Crippen LogP contribution < -0.4 is 5.32 Å². The maximum Gasteiger partial charge on any atom is 0.262 e. The SMILES string of the molecule is CCc1ccsc1C(=O)NC(C#N)C1CCCCC1. The monoisotopic (exact) mass is 276 g/mol. The lowest BCUT2D eigenvalue weighted by atomic mass is 9.84. The predicted molar refractivity (Wildman–Crippen MR) is 77.1 cm³/mol. The summed E-state index contributed by atoms with van der Waals surface area (Å²) in [7, 11) is 0. The first-order chi connectivity index (χ1) is 9.26. The van der Waals surface area contributed by atoms with Crippen molar-refractivity contribution in [3.63, 3.8) is 0 Å². The number of nitrogens with one attached hydrogen (secondary N) is 1. The molecule has 1 amide bonds. The van der Waals surface area contributed by atoms with Gasteiger partial charge in [0.1, 0.15) is 6.04 Å². The van der Waals surface area contributed by atoms with E-state index in [1.165, 1.54) is 30.6 Å². The van der Waals surface area contributed by atoms with E-state index in [0.29, 0.717) is 5.92 Å². The van der Waals surface area contributed by atoms with Gasteiger partial charge >= 0.3 is 0 Å². The number of nitriles is 1. The second-order valence-electron chi connectivity index (χ2n) is 5.11. The highest BCUT2D eigenvalue weighted by Gasteiger charge is 2.26. The lowest BCUT2D eigenvalue weighted by Crippen LogP contribution is -2.40. The summed E-state index contributed by atoms with van der Waals surface area (Å²) in [6, 6.07) is 3.93. The zero-order valence-electron chi connectivity index (χ0n) is 11.3. The van der Waals surface area contributed by atoms with E-state index in [1.807, 2.05) is 18.4 Å². The van der Waals surface area contributed by atoms with Crippen LogP contribution in [0, 0.1) is 17.2 Å². The Hall–Kier alpha value is -1.34. The van der Waals surface area contributed by atoms with E-state index in [-0.39, 0.29) is 11.9 Å². The number of nitrogens with zero attached hydrogens (tertiary/aromatic N) is 1. The summed E-state index contributed by atoms with van der Waals surface area (Å²) in [4.78, 5) is 13.0. The number of carbonyl (C=O) groups is 1. The zero-order valence-corrected chi connectivity index (χ0v) is 12.1. The quantitative estimate of drug-likeness (QED) is 0.915. The van der Waals surface area contributed by atoms with Gasteiger partial charge in [-0.15, -0.1) is 11.3 Å². The Morgan fingerprint density at radius 2 is 2.26 bits per heavy atom. The van der Waals surface area contributed by atoms with Crippen molar-refractivity contribution in [3.8, 4) is 6.07 Å². The number of hydrogen-bond acceptors (Lipinski definition) is 3. The van der Waals surface area contributed by atoms with Crippen LogP contribution in [0.1, 0.15) is 54.3 Å². The highest BCUT2D eigenvalue weighted by Crippen LogP contribution is 2.27. The first-order valence-corrected chi connectivity index (χ1v) is 7.91. The van der Waals surface area contributed by atoms with Crippen LogP contribution in [-0.4, -0.2) is 11.9 Å². The van der Waals surface area contributed by atoms with Crippen LogP contribution in [0.15, 0.2) is 11.4 Å². The number of aryl methyl sites for hydroxylation is 1. The zero-order chi connectivity index (χ0) is 13.7. The van der Waals surface area contributed by atoms with Gasteiger partial charge in [0.15, 0.2) is 0 Å². The molecule has 0 saturated heterocycles. The minimum Gasteiger partial charge on any atom is -0.335 e. The third-order valence-corrected chi connectivity index (χ3v) is 4.84. The number of amides is 1. The van der Waals surface area contributed by atoms with Gasteiger partial charge in [0, 0.05) is 0 Å². The molecule has 1 aliphatic carbocycles. The lowest BCUT2D eigenvalue weighted by molar-refractivity contribution is 0.0932. The largest absolute Gasteiger partial charge is 0.335 e. The van der Waals surface area contributed by atoms with E-state index in [1.54, 1.807) is 0 Å². The third kappa shape index (κ3) is 3.36. The molecule has 1 heterocycles. The molecule has 0 radical (unpaired) electrons. The molecule has 0 aromatic carbocycles. The number of thiophene rings is 1. The van der Waals surface area contributed by atoms with E-state index >= 15 is 0 Å². The summed E-state index contributed by atoms with van der Waals surface area (Å²) in [5, 5.41) is 14.2. The Morgan fingerprint density at radius 1 is 1.53 bits per heavy atom. The van der Waals surface area contributed by atoms with Crippen molar-refractivity contribution in [3.05, 3.63) is 21.9 Å². The van der Waals surface area contributed by atoms with Crippen LogP contribution in [0.25, 0.3) is 0 Å². The molecule has 19 heavy (non-hydrogen) atoms. The Morgan fingerprint density at radius 3 is 2.89 bits per heavy atom. The molecule has 1 N–H and O–H groups in total. The molecule has 102 valence electrons. The van der Waals surface area contributed by atoms with Crippen LogP contribution in [0.5, 0.6) is 0 Å². The fraction of sp³-hybridized carbons (Fsp3) is 0.600. The second kappa shape index (κ2) is 6.72. The molecule has 0 aliphatic heterocycles. The molecule has 0 spiro atoms. The highest BCUT2D eigenvalue weighted by molar-refractivity contribution is 7.12. The van der Waals surface area contributed by atoms with Gasteiger partial charge in [-0.25, -0.2) is 0 Å². The molecule has 1 saturated carbocycles. The van der Waals surface area contributed by atoms with Gasteiger partial charge in [-0.1, -0.05) is 26.2 Å². The molecule has 1 fully saturated rings. The molecule has 2 rings (SSSR count). The highest BCUT2D eigenvalue weighted by atomic mass is 32.1. The van der Waals surface area contributed by atoms with Gasteiger partial charge in [-0.3, -0.25) is 4.79 Å². The summed E-state index contributed by atoms with van der Waals surface area (Å²) in [5.41, 5.74) is 1.07. The Bertz CT molecular complexity index is 469. The van der Waals surface area contributed by atoms with Crippen molar-refractivity contribution >= 4 is 17.2 Å². The van der Waals surface area contributed by atoms with E-state index in [9.17, 15) is 10.1 Å². The van der Waals surface area contributed by atoms with Crippen LogP contribution in [0.2, 0.25) is 0 Å². The first-order valence-electron chi connectivity index (χ1n) is 7.03. The fourth-order valence-corrected chi connectivity index (χ4v) is 3.64. The van der Waals surface area contributed by atoms with Gasteiger partial charge in [-0.05, 0) is 42.2 Å². The van der Waals surface area contributed by atoms with Crippen molar-refractivity contribution < 1.29 is 4.79 Å². The second-order valence-corrected chi connectivity index (χ2v) is 6.02. The minimum absolute atomic E-state index is 0.0797. The normalized spacial score (nSPS) is 17.7. The van der Waals surface area contributed by atoms with Crippen LogP contribution in [0.3, 0.4) is 0 Å². The molecule has 0 bridgehead atoms. The maximum absolute atomic E-state index is 12.2. The van der Waals surface area contributed by atoms with E-state index in [0.717, 1.165) is 29.7 Å². The summed E-state index contributed by atoms with van der Waals surface area (Å²) < 4.78 is 0. The van der Waals surface area contributed by atoms with Crippen molar-refractivity contribution in [1.29, 1.82) is 5.26 Å². The molecule has 1 aromatic heterocycles. The van der Waals surface area contributed by atoms with Gasteiger partial charge in [-0.2, -0.15) is 5.26 Å². The number of rotatable bonds is 4. The standard InChI is InChI=1S/C15H20N2OS/c1-2-11-8-9-19-14(11)15(18)17-13(10-16)12-6-4-3-5-7-12/h8-9,12-13H,2-7H2,1H3,(H,17,18). The smallest absolute Gasteiger partial charge is 0.262 e. The van der Waals surface area contributed by atoms with Crippen LogP contribution in [-0.2, 0) is 6.42 Å². The molecule has 4 heteroatoms. The van der Waals surface area contributed by atoms with E-state index in [2.05, 4.69) is 11.4 Å². The lowest BCUT2D eigenvalue weighted by Gasteiger charge is -2.26. The van der Waals surface area contributed by atoms with Crippen LogP contribution >= 0.6 is 11.3 Å². The summed E-state index contributed by atoms with van der Waals surface area (Å²) in [5.74, 6) is 0.247. The Balaban J connectivity index is 2.02. The minimum atomic E-state index is -0.334. The average Bonchev–Trinajstić information content (AvgIpc) is 2.94. The Labute approximate surface area is 118 Å². The summed E-state index contributed by atoms with van der Waals surface area (Å²) in [6.45, 7) is 2.04. The van der Waals surface area contributed by atoms with Crippen molar-refractivity contribution in [2.45, 2.75) is 51.5 Å².